The molecule has 0 bridgehead atoms. The smallest absolute Gasteiger partial charge is 0.153 e. The van der Waals surface area contributed by atoms with Crippen LogP contribution in [0.5, 0.6) is 0 Å². The molecule has 9 aromatic carbocycles. The highest BCUT2D eigenvalue weighted by atomic mass is 32.1. The van der Waals surface area contributed by atoms with Crippen molar-refractivity contribution in [3.8, 4) is 22.3 Å². The molecule has 0 N–H and O–H groups in total. The van der Waals surface area contributed by atoms with Gasteiger partial charge in [0.2, 0.25) is 0 Å². The maximum atomic E-state index is 6.80. The Morgan fingerprint density at radius 3 is 1.69 bits per heavy atom. The summed E-state index contributed by atoms with van der Waals surface area (Å²) in [6.45, 7) is 0. The first-order valence-corrected chi connectivity index (χ1v) is 17.3. The van der Waals surface area contributed by atoms with Crippen molar-refractivity contribution in [1.29, 1.82) is 0 Å². The van der Waals surface area contributed by atoms with Crippen molar-refractivity contribution < 1.29 is 4.42 Å². The van der Waals surface area contributed by atoms with Gasteiger partial charge in [0.05, 0.1) is 4.70 Å². The fraction of sp³-hybridized carbons (Fsp3) is 0. The molecule has 2 heterocycles. The first-order valence-electron chi connectivity index (χ1n) is 16.4. The standard InChI is InChI=1S/C46H26OS/c1-2-14-29-27(12-1)13-11-22-30(29)42-33-17-5-3-15-31(33)41(32-16-4-6-18-34(32)42)28-24-25-39-38(26-28)43-35-19-7-8-20-36(35)44-37-21-9-10-23-40(37)48-46(44)45(43)47-39/h1-26H. The summed E-state index contributed by atoms with van der Waals surface area (Å²) in [5, 5.41) is 15.0. The molecule has 0 saturated heterocycles. The zero-order chi connectivity index (χ0) is 31.3. The molecule has 11 aromatic rings. The van der Waals surface area contributed by atoms with Crippen LogP contribution in [0.15, 0.2) is 162 Å². The Kier molecular flexibility index (Phi) is 5.32. The summed E-state index contributed by atoms with van der Waals surface area (Å²) in [5.41, 5.74) is 6.91. The van der Waals surface area contributed by atoms with Gasteiger partial charge in [-0.3, -0.25) is 0 Å². The highest BCUT2D eigenvalue weighted by molar-refractivity contribution is 7.26. The van der Waals surface area contributed by atoms with Crippen molar-refractivity contribution in [2.75, 3.05) is 0 Å². The molecule has 222 valence electrons. The van der Waals surface area contributed by atoms with Gasteiger partial charge in [0.15, 0.2) is 5.58 Å². The van der Waals surface area contributed by atoms with Crippen LogP contribution in [-0.2, 0) is 0 Å². The third-order valence-electron chi connectivity index (χ3n) is 10.2. The molecule has 0 aliphatic heterocycles. The molecular formula is C46H26OS. The van der Waals surface area contributed by atoms with Gasteiger partial charge >= 0.3 is 0 Å². The van der Waals surface area contributed by atoms with Gasteiger partial charge in [-0.2, -0.15) is 0 Å². The third-order valence-corrected chi connectivity index (χ3v) is 11.4. The monoisotopic (exact) mass is 626 g/mol. The maximum Gasteiger partial charge on any atom is 0.153 e. The topological polar surface area (TPSA) is 13.1 Å². The van der Waals surface area contributed by atoms with Gasteiger partial charge < -0.3 is 4.42 Å². The van der Waals surface area contributed by atoms with E-state index < -0.39 is 0 Å². The molecule has 0 aliphatic rings. The summed E-state index contributed by atoms with van der Waals surface area (Å²) in [4.78, 5) is 0. The second-order valence-corrected chi connectivity index (χ2v) is 13.8. The van der Waals surface area contributed by atoms with Gasteiger partial charge in [-0.05, 0) is 83.5 Å². The fourth-order valence-corrected chi connectivity index (χ4v) is 9.45. The molecule has 0 atom stereocenters. The number of rotatable bonds is 2. The predicted octanol–water partition coefficient (Wildman–Crippen LogP) is 13.9. The minimum Gasteiger partial charge on any atom is -0.455 e. The van der Waals surface area contributed by atoms with Crippen molar-refractivity contribution in [2.45, 2.75) is 0 Å². The van der Waals surface area contributed by atoms with E-state index in [1.54, 1.807) is 0 Å². The average molecular weight is 627 g/mol. The molecule has 2 aromatic heterocycles. The first-order chi connectivity index (χ1) is 23.8. The highest BCUT2D eigenvalue weighted by Crippen LogP contribution is 2.49. The summed E-state index contributed by atoms with van der Waals surface area (Å²) in [7, 11) is 0. The SMILES string of the molecule is c1ccc2c(-c3c4ccccc4c(-c4ccc5oc6c7sc8ccccc8c7c7ccccc7c6c5c4)c4ccccc34)cccc2c1. The van der Waals surface area contributed by atoms with Crippen molar-refractivity contribution >= 4 is 96.5 Å². The number of furan rings is 1. The molecule has 0 spiro atoms. The van der Waals surface area contributed by atoms with Crippen molar-refractivity contribution in [2.24, 2.45) is 0 Å². The molecule has 0 unspecified atom stereocenters. The highest BCUT2D eigenvalue weighted by Gasteiger charge is 2.22. The zero-order valence-electron chi connectivity index (χ0n) is 25.8. The van der Waals surface area contributed by atoms with Crippen LogP contribution in [-0.4, -0.2) is 0 Å². The van der Waals surface area contributed by atoms with Crippen molar-refractivity contribution in [3.05, 3.63) is 158 Å². The number of fused-ring (bicyclic) bond motifs is 13. The fourth-order valence-electron chi connectivity index (χ4n) is 8.25. The van der Waals surface area contributed by atoms with Gasteiger partial charge in [0.25, 0.3) is 0 Å². The summed E-state index contributed by atoms with van der Waals surface area (Å²) < 4.78 is 9.31. The van der Waals surface area contributed by atoms with Crippen LogP contribution in [0.4, 0.5) is 0 Å². The quantitative estimate of drug-likeness (QED) is 0.174. The Labute approximate surface area is 279 Å². The largest absolute Gasteiger partial charge is 0.455 e. The lowest BCUT2D eigenvalue weighted by molar-refractivity contribution is 0.673. The van der Waals surface area contributed by atoms with Crippen LogP contribution < -0.4 is 0 Å². The number of thiophene rings is 1. The second-order valence-electron chi connectivity index (χ2n) is 12.7. The van der Waals surface area contributed by atoms with Gasteiger partial charge in [0.1, 0.15) is 5.58 Å². The molecular weight excluding hydrogens is 601 g/mol. The third kappa shape index (κ3) is 3.50. The molecule has 0 fully saturated rings. The molecule has 0 saturated carbocycles. The van der Waals surface area contributed by atoms with Crippen LogP contribution in [0.2, 0.25) is 0 Å². The van der Waals surface area contributed by atoms with Gasteiger partial charge in [-0.25, -0.2) is 0 Å². The summed E-state index contributed by atoms with van der Waals surface area (Å²) in [6.07, 6.45) is 0. The molecule has 2 heteroatoms. The van der Waals surface area contributed by atoms with Crippen molar-refractivity contribution in [3.63, 3.8) is 0 Å². The first kappa shape index (κ1) is 26.1. The Balaban J connectivity index is 1.26. The van der Waals surface area contributed by atoms with E-state index in [2.05, 4.69) is 158 Å². The molecule has 0 amide bonds. The van der Waals surface area contributed by atoms with E-state index in [-0.39, 0.29) is 0 Å². The zero-order valence-corrected chi connectivity index (χ0v) is 26.6. The Morgan fingerprint density at radius 1 is 0.396 bits per heavy atom. The lowest BCUT2D eigenvalue weighted by atomic mass is 9.84. The summed E-state index contributed by atoms with van der Waals surface area (Å²) in [5.74, 6) is 0. The minimum absolute atomic E-state index is 0.921. The van der Waals surface area contributed by atoms with Gasteiger partial charge in [-0.1, -0.05) is 140 Å². The molecule has 0 radical (unpaired) electrons. The minimum atomic E-state index is 0.921. The van der Waals surface area contributed by atoms with Crippen LogP contribution in [0.25, 0.3) is 107 Å². The molecule has 0 aliphatic carbocycles. The predicted molar refractivity (Wildman–Crippen MR) is 208 cm³/mol. The average Bonchev–Trinajstić information content (AvgIpc) is 3.73. The normalized spacial score (nSPS) is 12.2. The lowest BCUT2D eigenvalue weighted by Gasteiger charge is -2.18. The van der Waals surface area contributed by atoms with E-state index in [0.29, 0.717) is 0 Å². The van der Waals surface area contributed by atoms with Crippen LogP contribution in [0.3, 0.4) is 0 Å². The van der Waals surface area contributed by atoms with Crippen molar-refractivity contribution in [1.82, 2.24) is 0 Å². The lowest BCUT2D eigenvalue weighted by Crippen LogP contribution is -1.91. The Morgan fingerprint density at radius 2 is 0.958 bits per heavy atom. The maximum absolute atomic E-state index is 6.80. The van der Waals surface area contributed by atoms with E-state index in [0.717, 1.165) is 16.6 Å². The van der Waals surface area contributed by atoms with Crippen LogP contribution >= 0.6 is 11.3 Å². The number of hydrogen-bond donors (Lipinski definition) is 0. The summed E-state index contributed by atoms with van der Waals surface area (Å²) in [6, 6.07) is 57.6. The number of hydrogen-bond acceptors (Lipinski definition) is 2. The summed E-state index contributed by atoms with van der Waals surface area (Å²) >= 11 is 1.83. The second kappa shape index (κ2) is 9.78. The van der Waals surface area contributed by atoms with E-state index in [1.807, 2.05) is 11.3 Å². The Bertz CT molecular complexity index is 3060. The van der Waals surface area contributed by atoms with E-state index >= 15 is 0 Å². The van der Waals surface area contributed by atoms with Crippen LogP contribution in [0.1, 0.15) is 0 Å². The van der Waals surface area contributed by atoms with E-state index in [1.165, 1.54) is 90.9 Å². The van der Waals surface area contributed by atoms with Gasteiger partial charge in [-0.15, -0.1) is 11.3 Å². The molecule has 48 heavy (non-hydrogen) atoms. The molecule has 1 nitrogen and oxygen atoms in total. The number of benzene rings is 9. The Hall–Kier alpha value is -5.96. The van der Waals surface area contributed by atoms with Gasteiger partial charge in [0, 0.05) is 26.2 Å². The van der Waals surface area contributed by atoms with E-state index in [9.17, 15) is 0 Å². The molecule has 11 rings (SSSR count). The van der Waals surface area contributed by atoms with Crippen LogP contribution in [0, 0.1) is 0 Å². The van der Waals surface area contributed by atoms with E-state index in [4.69, 9.17) is 4.42 Å².